The molecule has 2 atom stereocenters. The molecule has 1 amide bonds. The number of amides is 1. The average molecular weight is 162 g/mol. The molecule has 0 heterocycles. The SMILES string of the molecule is CC(O)C(O)CNCC(N)=O. The Morgan fingerprint density at radius 1 is 1.64 bits per heavy atom. The number of hydrogen-bond acceptors (Lipinski definition) is 4. The molecule has 0 bridgehead atoms. The number of rotatable bonds is 5. The summed E-state index contributed by atoms with van der Waals surface area (Å²) in [6.07, 6.45) is -1.65. The van der Waals surface area contributed by atoms with E-state index in [9.17, 15) is 4.79 Å². The van der Waals surface area contributed by atoms with Gasteiger partial charge in [-0.1, -0.05) is 0 Å². The third kappa shape index (κ3) is 5.78. The van der Waals surface area contributed by atoms with Crippen LogP contribution >= 0.6 is 0 Å². The summed E-state index contributed by atoms with van der Waals surface area (Å²) < 4.78 is 0. The molecule has 0 radical (unpaired) electrons. The lowest BCUT2D eigenvalue weighted by molar-refractivity contribution is -0.117. The molecule has 0 saturated heterocycles. The summed E-state index contributed by atoms with van der Waals surface area (Å²) in [5.74, 6) is -0.484. The minimum Gasteiger partial charge on any atom is -0.391 e. The summed E-state index contributed by atoms with van der Waals surface area (Å²) in [6, 6.07) is 0. The Labute approximate surface area is 65.2 Å². The Morgan fingerprint density at radius 3 is 2.55 bits per heavy atom. The first-order valence-corrected chi connectivity index (χ1v) is 3.39. The average Bonchev–Trinajstić information content (AvgIpc) is 1.86. The predicted octanol–water partition coefficient (Wildman–Crippen LogP) is -2.20. The highest BCUT2D eigenvalue weighted by Crippen LogP contribution is 1.88. The molecule has 0 aliphatic carbocycles. The Balaban J connectivity index is 3.31. The van der Waals surface area contributed by atoms with Crippen LogP contribution in [0.15, 0.2) is 0 Å². The van der Waals surface area contributed by atoms with E-state index in [1.807, 2.05) is 0 Å². The second-order valence-corrected chi connectivity index (χ2v) is 2.41. The summed E-state index contributed by atoms with van der Waals surface area (Å²) in [5.41, 5.74) is 4.81. The smallest absolute Gasteiger partial charge is 0.231 e. The van der Waals surface area contributed by atoms with Crippen molar-refractivity contribution < 1.29 is 15.0 Å². The lowest BCUT2D eigenvalue weighted by atomic mass is 10.2. The first-order valence-electron chi connectivity index (χ1n) is 3.39. The summed E-state index contributed by atoms with van der Waals surface area (Å²) in [7, 11) is 0. The summed E-state index contributed by atoms with van der Waals surface area (Å²) >= 11 is 0. The van der Waals surface area contributed by atoms with Crippen LogP contribution in [0.25, 0.3) is 0 Å². The van der Waals surface area contributed by atoms with Crippen LogP contribution in [-0.2, 0) is 4.79 Å². The molecule has 0 saturated carbocycles. The second-order valence-electron chi connectivity index (χ2n) is 2.41. The third-order valence-corrected chi connectivity index (χ3v) is 1.21. The van der Waals surface area contributed by atoms with Gasteiger partial charge in [-0.2, -0.15) is 0 Å². The predicted molar refractivity (Wildman–Crippen MR) is 39.8 cm³/mol. The van der Waals surface area contributed by atoms with E-state index in [-0.39, 0.29) is 13.1 Å². The largest absolute Gasteiger partial charge is 0.391 e. The summed E-state index contributed by atoms with van der Waals surface area (Å²) in [5, 5.41) is 20.3. The fourth-order valence-corrected chi connectivity index (χ4v) is 0.514. The lowest BCUT2D eigenvalue weighted by Gasteiger charge is -2.12. The van der Waals surface area contributed by atoms with Gasteiger partial charge < -0.3 is 21.3 Å². The Kier molecular flexibility index (Phi) is 4.76. The first-order chi connectivity index (χ1) is 5.04. The molecular formula is C6H14N2O3. The molecule has 0 fully saturated rings. The van der Waals surface area contributed by atoms with Crippen molar-refractivity contribution in [2.45, 2.75) is 19.1 Å². The van der Waals surface area contributed by atoms with Crippen LogP contribution in [0.5, 0.6) is 0 Å². The number of carbonyl (C=O) groups is 1. The van der Waals surface area contributed by atoms with Gasteiger partial charge in [0.1, 0.15) is 0 Å². The van der Waals surface area contributed by atoms with E-state index in [2.05, 4.69) is 5.32 Å². The summed E-state index contributed by atoms with van der Waals surface area (Å²) in [6.45, 7) is 1.65. The number of primary amides is 1. The quantitative estimate of drug-likeness (QED) is 0.369. The Hall–Kier alpha value is -0.650. The van der Waals surface area contributed by atoms with Crippen LogP contribution in [-0.4, -0.2) is 41.4 Å². The Bertz CT molecular complexity index is 127. The van der Waals surface area contributed by atoms with Crippen LogP contribution in [0.3, 0.4) is 0 Å². The van der Waals surface area contributed by atoms with Gasteiger partial charge >= 0.3 is 0 Å². The van der Waals surface area contributed by atoms with Crippen molar-refractivity contribution in [3.8, 4) is 0 Å². The van der Waals surface area contributed by atoms with E-state index in [0.29, 0.717) is 0 Å². The first kappa shape index (κ1) is 10.3. The maximum atomic E-state index is 10.2. The third-order valence-electron chi connectivity index (χ3n) is 1.21. The molecular weight excluding hydrogens is 148 g/mol. The fourth-order valence-electron chi connectivity index (χ4n) is 0.514. The second kappa shape index (κ2) is 5.06. The van der Waals surface area contributed by atoms with Crippen molar-refractivity contribution in [1.82, 2.24) is 5.32 Å². The monoisotopic (exact) mass is 162 g/mol. The van der Waals surface area contributed by atoms with E-state index < -0.39 is 18.1 Å². The van der Waals surface area contributed by atoms with Gasteiger partial charge in [0.2, 0.25) is 5.91 Å². The fraction of sp³-hybridized carbons (Fsp3) is 0.833. The standard InChI is InChI=1S/C6H14N2O3/c1-4(9)5(10)2-8-3-6(7)11/h4-5,8-10H,2-3H2,1H3,(H2,7,11). The van der Waals surface area contributed by atoms with Crippen molar-refractivity contribution >= 4 is 5.91 Å². The molecule has 0 aromatic heterocycles. The maximum absolute atomic E-state index is 10.2. The Morgan fingerprint density at radius 2 is 2.18 bits per heavy atom. The number of nitrogens with two attached hydrogens (primary N) is 1. The van der Waals surface area contributed by atoms with Crippen molar-refractivity contribution in [1.29, 1.82) is 0 Å². The molecule has 0 aromatic carbocycles. The van der Waals surface area contributed by atoms with Crippen molar-refractivity contribution in [3.63, 3.8) is 0 Å². The zero-order valence-corrected chi connectivity index (χ0v) is 6.45. The van der Waals surface area contributed by atoms with E-state index >= 15 is 0 Å². The number of nitrogens with one attached hydrogen (secondary N) is 1. The zero-order valence-electron chi connectivity index (χ0n) is 6.45. The van der Waals surface area contributed by atoms with Crippen LogP contribution in [0.4, 0.5) is 0 Å². The van der Waals surface area contributed by atoms with Gasteiger partial charge in [-0.05, 0) is 6.92 Å². The van der Waals surface area contributed by atoms with Gasteiger partial charge in [0.25, 0.3) is 0 Å². The van der Waals surface area contributed by atoms with Gasteiger partial charge in [0, 0.05) is 6.54 Å². The van der Waals surface area contributed by atoms with Gasteiger partial charge in [-0.25, -0.2) is 0 Å². The number of aliphatic hydroxyl groups excluding tert-OH is 2. The maximum Gasteiger partial charge on any atom is 0.231 e. The van der Waals surface area contributed by atoms with Crippen LogP contribution in [0.2, 0.25) is 0 Å². The van der Waals surface area contributed by atoms with E-state index in [1.54, 1.807) is 0 Å². The number of carbonyl (C=O) groups excluding carboxylic acids is 1. The van der Waals surface area contributed by atoms with Crippen molar-refractivity contribution in [3.05, 3.63) is 0 Å². The number of aliphatic hydroxyl groups is 2. The molecule has 0 rings (SSSR count). The van der Waals surface area contributed by atoms with E-state index in [1.165, 1.54) is 6.92 Å². The molecule has 66 valence electrons. The highest BCUT2D eigenvalue weighted by Gasteiger charge is 2.09. The molecule has 5 N–H and O–H groups in total. The minimum atomic E-state index is -0.852. The highest BCUT2D eigenvalue weighted by molar-refractivity contribution is 5.75. The van der Waals surface area contributed by atoms with Crippen molar-refractivity contribution in [2.24, 2.45) is 5.73 Å². The normalized spacial score (nSPS) is 15.9. The van der Waals surface area contributed by atoms with Gasteiger partial charge in [0.15, 0.2) is 0 Å². The summed E-state index contributed by atoms with van der Waals surface area (Å²) in [4.78, 5) is 10.2. The van der Waals surface area contributed by atoms with Crippen LogP contribution in [0.1, 0.15) is 6.92 Å². The highest BCUT2D eigenvalue weighted by atomic mass is 16.3. The van der Waals surface area contributed by atoms with Crippen LogP contribution < -0.4 is 11.1 Å². The molecule has 0 spiro atoms. The molecule has 11 heavy (non-hydrogen) atoms. The van der Waals surface area contributed by atoms with Gasteiger partial charge in [-0.3, -0.25) is 4.79 Å². The van der Waals surface area contributed by atoms with Crippen LogP contribution in [0, 0.1) is 0 Å². The van der Waals surface area contributed by atoms with Gasteiger partial charge in [0.05, 0.1) is 18.8 Å². The molecule has 0 aliphatic heterocycles. The molecule has 0 aliphatic rings. The minimum absolute atomic E-state index is 0.0176. The molecule has 2 unspecified atom stereocenters. The zero-order chi connectivity index (χ0) is 8.85. The van der Waals surface area contributed by atoms with E-state index in [0.717, 1.165) is 0 Å². The van der Waals surface area contributed by atoms with E-state index in [4.69, 9.17) is 15.9 Å². The topological polar surface area (TPSA) is 95.6 Å². The lowest BCUT2D eigenvalue weighted by Crippen LogP contribution is -2.38. The van der Waals surface area contributed by atoms with Crippen molar-refractivity contribution in [2.75, 3.05) is 13.1 Å². The molecule has 5 nitrogen and oxygen atoms in total. The number of hydrogen-bond donors (Lipinski definition) is 4. The molecule has 0 aromatic rings. The van der Waals surface area contributed by atoms with Gasteiger partial charge in [-0.15, -0.1) is 0 Å². The molecule has 5 heteroatoms.